The Balaban J connectivity index is 2.00. The average molecular weight is 221 g/mol. The van der Waals surface area contributed by atoms with Crippen LogP contribution in [0.25, 0.3) is 0 Å². The number of hydrogen-bond acceptors (Lipinski definition) is 3. The molecule has 1 aromatic rings. The van der Waals surface area contributed by atoms with Crippen molar-refractivity contribution in [1.82, 2.24) is 4.90 Å². The Morgan fingerprint density at radius 2 is 1.88 bits per heavy atom. The summed E-state index contributed by atoms with van der Waals surface area (Å²) < 4.78 is 0. The van der Waals surface area contributed by atoms with E-state index >= 15 is 0 Å². The number of nitrogens with zero attached hydrogens (tertiary/aromatic N) is 1. The van der Waals surface area contributed by atoms with E-state index in [1.165, 1.54) is 5.56 Å². The summed E-state index contributed by atoms with van der Waals surface area (Å²) in [7, 11) is 0. The molecule has 0 bridgehead atoms. The minimum absolute atomic E-state index is 0.318. The van der Waals surface area contributed by atoms with Crippen LogP contribution in [0.5, 0.6) is 0 Å². The molecular formula is C13H19NO2. The number of likely N-dealkylation sites (tertiary alicyclic amines) is 1. The predicted octanol–water partition coefficient (Wildman–Crippen LogP) is 1.00. The van der Waals surface area contributed by atoms with Crippen molar-refractivity contribution < 1.29 is 10.2 Å². The second kappa shape index (κ2) is 4.95. The predicted molar refractivity (Wildman–Crippen MR) is 62.9 cm³/mol. The first-order valence-electron chi connectivity index (χ1n) is 5.81. The highest BCUT2D eigenvalue weighted by Crippen LogP contribution is 2.19. The first kappa shape index (κ1) is 11.6. The van der Waals surface area contributed by atoms with Crippen LogP contribution in [-0.4, -0.2) is 39.9 Å². The lowest BCUT2D eigenvalue weighted by molar-refractivity contribution is -0.0602. The summed E-state index contributed by atoms with van der Waals surface area (Å²) in [5, 5.41) is 19.2. The van der Waals surface area contributed by atoms with Gasteiger partial charge in [-0.15, -0.1) is 0 Å². The van der Waals surface area contributed by atoms with Gasteiger partial charge in [-0.1, -0.05) is 30.3 Å². The topological polar surface area (TPSA) is 43.7 Å². The number of piperidine rings is 1. The smallest absolute Gasteiger partial charge is 0.0926 e. The second-order valence-corrected chi connectivity index (χ2v) is 4.63. The van der Waals surface area contributed by atoms with Crippen LogP contribution in [0.4, 0.5) is 0 Å². The van der Waals surface area contributed by atoms with E-state index in [0.717, 1.165) is 6.54 Å². The summed E-state index contributed by atoms with van der Waals surface area (Å²) in [6.07, 6.45) is -0.532. The first-order chi connectivity index (χ1) is 7.66. The summed E-state index contributed by atoms with van der Waals surface area (Å²) in [5.41, 5.74) is 1.25. The molecule has 2 rings (SSSR count). The minimum atomic E-state index is -0.611. The fourth-order valence-electron chi connectivity index (χ4n) is 2.24. The summed E-state index contributed by atoms with van der Waals surface area (Å²) in [6.45, 7) is 3.49. The van der Waals surface area contributed by atoms with Crippen LogP contribution in [-0.2, 0) is 6.54 Å². The molecule has 0 amide bonds. The molecule has 0 spiro atoms. The van der Waals surface area contributed by atoms with Crippen LogP contribution >= 0.6 is 0 Å². The summed E-state index contributed by atoms with van der Waals surface area (Å²) in [6, 6.07) is 10.5. The molecule has 16 heavy (non-hydrogen) atoms. The summed E-state index contributed by atoms with van der Waals surface area (Å²) in [5.74, 6) is 0. The van der Waals surface area contributed by atoms with Crippen molar-refractivity contribution in [3.05, 3.63) is 35.9 Å². The zero-order valence-corrected chi connectivity index (χ0v) is 9.58. The largest absolute Gasteiger partial charge is 0.390 e. The molecule has 3 nitrogen and oxygen atoms in total. The van der Waals surface area contributed by atoms with Crippen molar-refractivity contribution in [2.24, 2.45) is 0 Å². The highest BCUT2D eigenvalue weighted by atomic mass is 16.3. The van der Waals surface area contributed by atoms with Gasteiger partial charge in [-0.05, 0) is 18.9 Å². The van der Waals surface area contributed by atoms with Crippen molar-refractivity contribution in [3.8, 4) is 0 Å². The zero-order valence-electron chi connectivity index (χ0n) is 9.58. The van der Waals surface area contributed by atoms with Gasteiger partial charge in [0.2, 0.25) is 0 Å². The Morgan fingerprint density at radius 1 is 1.19 bits per heavy atom. The SMILES string of the molecule is CC1C[C@H](O)[C@@H](O)CN1Cc1ccccc1. The van der Waals surface area contributed by atoms with E-state index in [1.807, 2.05) is 18.2 Å². The van der Waals surface area contributed by atoms with E-state index in [4.69, 9.17) is 0 Å². The molecule has 1 aromatic carbocycles. The van der Waals surface area contributed by atoms with Gasteiger partial charge in [0.25, 0.3) is 0 Å². The Kier molecular flexibility index (Phi) is 3.59. The second-order valence-electron chi connectivity index (χ2n) is 4.63. The maximum absolute atomic E-state index is 9.65. The van der Waals surface area contributed by atoms with Crippen LogP contribution in [0.2, 0.25) is 0 Å². The standard InChI is InChI=1S/C13H19NO2/c1-10-7-12(15)13(16)9-14(10)8-11-5-3-2-4-6-11/h2-6,10,12-13,15-16H,7-9H2,1H3/t10?,12-,13-/m0/s1. The normalized spacial score (nSPS) is 31.6. The highest BCUT2D eigenvalue weighted by molar-refractivity contribution is 5.14. The van der Waals surface area contributed by atoms with E-state index < -0.39 is 12.2 Å². The Hall–Kier alpha value is -0.900. The van der Waals surface area contributed by atoms with Crippen molar-refractivity contribution in [1.29, 1.82) is 0 Å². The molecule has 1 fully saturated rings. The molecule has 3 atom stereocenters. The van der Waals surface area contributed by atoms with Gasteiger partial charge >= 0.3 is 0 Å². The van der Waals surface area contributed by atoms with E-state index in [2.05, 4.69) is 24.0 Å². The molecule has 1 heterocycles. The number of hydrogen-bond donors (Lipinski definition) is 2. The van der Waals surface area contributed by atoms with Gasteiger partial charge in [0, 0.05) is 19.1 Å². The van der Waals surface area contributed by atoms with Gasteiger partial charge in [-0.2, -0.15) is 0 Å². The third-order valence-corrected chi connectivity index (χ3v) is 3.30. The van der Waals surface area contributed by atoms with Crippen LogP contribution in [0, 0.1) is 0 Å². The molecule has 1 aliphatic heterocycles. The van der Waals surface area contributed by atoms with Gasteiger partial charge in [-0.3, -0.25) is 4.90 Å². The molecule has 0 aliphatic carbocycles. The van der Waals surface area contributed by atoms with Crippen LogP contribution in [0.1, 0.15) is 18.9 Å². The molecule has 1 unspecified atom stereocenters. The molecule has 1 aliphatic rings. The summed E-state index contributed by atoms with van der Waals surface area (Å²) in [4.78, 5) is 2.22. The molecule has 1 saturated heterocycles. The van der Waals surface area contributed by atoms with Gasteiger partial charge in [0.15, 0.2) is 0 Å². The summed E-state index contributed by atoms with van der Waals surface area (Å²) >= 11 is 0. The Bertz CT molecular complexity index is 328. The van der Waals surface area contributed by atoms with Gasteiger partial charge in [-0.25, -0.2) is 0 Å². The Morgan fingerprint density at radius 3 is 2.56 bits per heavy atom. The van der Waals surface area contributed by atoms with E-state index in [9.17, 15) is 10.2 Å². The van der Waals surface area contributed by atoms with Crippen molar-refractivity contribution in [2.75, 3.05) is 6.54 Å². The van der Waals surface area contributed by atoms with Crippen molar-refractivity contribution in [2.45, 2.75) is 38.1 Å². The monoisotopic (exact) mass is 221 g/mol. The Labute approximate surface area is 96.3 Å². The van der Waals surface area contributed by atoms with Crippen molar-refractivity contribution in [3.63, 3.8) is 0 Å². The van der Waals surface area contributed by atoms with Gasteiger partial charge in [0.05, 0.1) is 12.2 Å². The average Bonchev–Trinajstić information content (AvgIpc) is 2.27. The lowest BCUT2D eigenvalue weighted by atomic mass is 9.98. The minimum Gasteiger partial charge on any atom is -0.390 e. The maximum atomic E-state index is 9.65. The number of rotatable bonds is 2. The van der Waals surface area contributed by atoms with Crippen molar-refractivity contribution >= 4 is 0 Å². The van der Waals surface area contributed by atoms with Gasteiger partial charge < -0.3 is 10.2 Å². The van der Waals surface area contributed by atoms with E-state index in [-0.39, 0.29) is 0 Å². The van der Waals surface area contributed by atoms with Crippen LogP contribution in [0.15, 0.2) is 30.3 Å². The molecule has 88 valence electrons. The molecule has 0 aromatic heterocycles. The van der Waals surface area contributed by atoms with Crippen LogP contribution in [0.3, 0.4) is 0 Å². The first-order valence-corrected chi connectivity index (χ1v) is 5.81. The quantitative estimate of drug-likeness (QED) is 0.783. The van der Waals surface area contributed by atoms with Gasteiger partial charge in [0.1, 0.15) is 0 Å². The molecule has 3 heteroatoms. The number of benzene rings is 1. The number of aliphatic hydroxyl groups excluding tert-OH is 2. The fourth-order valence-corrected chi connectivity index (χ4v) is 2.24. The fraction of sp³-hybridized carbons (Fsp3) is 0.538. The van der Waals surface area contributed by atoms with Crippen LogP contribution < -0.4 is 0 Å². The zero-order chi connectivity index (χ0) is 11.5. The molecule has 2 N–H and O–H groups in total. The molecular weight excluding hydrogens is 202 g/mol. The third-order valence-electron chi connectivity index (χ3n) is 3.30. The number of aliphatic hydroxyl groups is 2. The maximum Gasteiger partial charge on any atom is 0.0926 e. The molecule has 0 radical (unpaired) electrons. The number of β-amino-alcohol motifs (C(OH)–C–C–N with tert-alkyl or cyclic N) is 1. The van der Waals surface area contributed by atoms with E-state index in [1.54, 1.807) is 0 Å². The lowest BCUT2D eigenvalue weighted by Gasteiger charge is -2.38. The van der Waals surface area contributed by atoms with E-state index in [0.29, 0.717) is 19.0 Å². The molecule has 0 saturated carbocycles. The highest BCUT2D eigenvalue weighted by Gasteiger charge is 2.30. The third kappa shape index (κ3) is 2.61. The lowest BCUT2D eigenvalue weighted by Crippen LogP contribution is -2.50.